The number of carbonyl (C=O) groups excluding carboxylic acids is 2. The number of hydrogen-bond acceptors (Lipinski definition) is 6. The summed E-state index contributed by atoms with van der Waals surface area (Å²) in [7, 11) is 0. The third-order valence-electron chi connectivity index (χ3n) is 2.61. The molecule has 4 N–H and O–H groups in total. The van der Waals surface area contributed by atoms with Crippen LogP contribution in [0.1, 0.15) is 26.7 Å². The molecule has 2 heterocycles. The number of hydrogen-bond donors (Lipinski definition) is 2. The first-order valence-corrected chi connectivity index (χ1v) is 5.66. The lowest BCUT2D eigenvalue weighted by molar-refractivity contribution is -0.385. The molecule has 10 heteroatoms. The molecule has 2 aromatic rings. The molecular weight excluding hydrogens is 280 g/mol. The van der Waals surface area contributed by atoms with E-state index in [0.717, 1.165) is 4.68 Å². The van der Waals surface area contributed by atoms with Crippen LogP contribution in [0.5, 0.6) is 0 Å². The predicted molar refractivity (Wildman–Crippen MR) is 69.3 cm³/mol. The largest absolute Gasteiger partial charge is 0.364 e. The molecule has 10 nitrogen and oxygen atoms in total. The molecule has 0 atom stereocenters. The summed E-state index contributed by atoms with van der Waals surface area (Å²) in [6.07, 6.45) is 1.51. The van der Waals surface area contributed by atoms with Crippen molar-refractivity contribution in [1.29, 1.82) is 0 Å². The van der Waals surface area contributed by atoms with E-state index in [-0.39, 0.29) is 6.54 Å². The van der Waals surface area contributed by atoms with Gasteiger partial charge in [-0.3, -0.25) is 24.7 Å². The second-order valence-corrected chi connectivity index (χ2v) is 4.01. The molecule has 0 aliphatic rings. The maximum atomic E-state index is 11.5. The van der Waals surface area contributed by atoms with E-state index in [4.69, 9.17) is 11.5 Å². The summed E-state index contributed by atoms with van der Waals surface area (Å²) in [5.41, 5.74) is 8.74. The first kappa shape index (κ1) is 14.1. The quantitative estimate of drug-likeness (QED) is 0.553. The monoisotopic (exact) mass is 290 g/mol. The second-order valence-electron chi connectivity index (χ2n) is 4.01. The van der Waals surface area contributed by atoms with Crippen LogP contribution in [0.3, 0.4) is 0 Å². The zero-order chi connectivity index (χ0) is 15.6. The van der Waals surface area contributed by atoms with Crippen LogP contribution in [0, 0.1) is 10.1 Å². The van der Waals surface area contributed by atoms with Crippen LogP contribution in [0.2, 0.25) is 0 Å². The fourth-order valence-electron chi connectivity index (χ4n) is 1.79. The van der Waals surface area contributed by atoms with Gasteiger partial charge in [-0.05, 0) is 12.1 Å². The highest BCUT2D eigenvalue weighted by molar-refractivity contribution is 6.02. The molecule has 108 valence electrons. The van der Waals surface area contributed by atoms with Crippen LogP contribution < -0.4 is 11.5 Å². The van der Waals surface area contributed by atoms with Gasteiger partial charge in [0.2, 0.25) is 11.4 Å². The van der Waals surface area contributed by atoms with Gasteiger partial charge < -0.3 is 11.5 Å². The van der Waals surface area contributed by atoms with Gasteiger partial charge in [-0.1, -0.05) is 6.07 Å². The van der Waals surface area contributed by atoms with Gasteiger partial charge in [0.15, 0.2) is 0 Å². The minimum absolute atomic E-state index is 0.0623. The average molecular weight is 290 g/mol. The summed E-state index contributed by atoms with van der Waals surface area (Å²) >= 11 is 0. The lowest BCUT2D eigenvalue weighted by Gasteiger charge is -2.03. The number of nitrogens with two attached hydrogens (primary N) is 2. The summed E-state index contributed by atoms with van der Waals surface area (Å²) < 4.78 is 0.947. The fourth-order valence-corrected chi connectivity index (χ4v) is 1.79. The molecule has 21 heavy (non-hydrogen) atoms. The van der Waals surface area contributed by atoms with Crippen molar-refractivity contribution in [2.75, 3.05) is 0 Å². The van der Waals surface area contributed by atoms with Crippen LogP contribution in [0.4, 0.5) is 5.69 Å². The van der Waals surface area contributed by atoms with E-state index in [1.807, 2.05) is 0 Å². The number of nitro groups is 1. The fraction of sp³-hybridized carbons (Fsp3) is 0.0909. The Morgan fingerprint density at radius 3 is 2.48 bits per heavy atom. The van der Waals surface area contributed by atoms with Gasteiger partial charge in [-0.2, -0.15) is 5.10 Å². The van der Waals surface area contributed by atoms with Crippen molar-refractivity contribution in [2.24, 2.45) is 11.5 Å². The van der Waals surface area contributed by atoms with E-state index >= 15 is 0 Å². The summed E-state index contributed by atoms with van der Waals surface area (Å²) in [5, 5.41) is 14.7. The maximum Gasteiger partial charge on any atom is 0.333 e. The van der Waals surface area contributed by atoms with Crippen molar-refractivity contribution in [3.63, 3.8) is 0 Å². The van der Waals surface area contributed by atoms with Gasteiger partial charge in [0.05, 0.1) is 17.2 Å². The van der Waals surface area contributed by atoms with E-state index in [0.29, 0.717) is 5.69 Å². The zero-order valence-electron chi connectivity index (χ0n) is 10.6. The Hall–Kier alpha value is -3.30. The number of amides is 2. The summed E-state index contributed by atoms with van der Waals surface area (Å²) in [4.78, 5) is 36.8. The van der Waals surface area contributed by atoms with Crippen molar-refractivity contribution >= 4 is 17.5 Å². The lowest BCUT2D eigenvalue weighted by atomic mass is 10.2. The molecule has 2 aromatic heterocycles. The molecule has 0 aliphatic carbocycles. The van der Waals surface area contributed by atoms with E-state index < -0.39 is 33.8 Å². The Kier molecular flexibility index (Phi) is 3.61. The molecule has 0 aliphatic heterocycles. The lowest BCUT2D eigenvalue weighted by Crippen LogP contribution is -2.19. The van der Waals surface area contributed by atoms with Crippen molar-refractivity contribution < 1.29 is 14.5 Å². The Bertz CT molecular complexity index is 724. The summed E-state index contributed by atoms with van der Waals surface area (Å²) in [5.74, 6) is -2.21. The molecule has 0 unspecified atom stereocenters. The van der Waals surface area contributed by atoms with E-state index in [1.54, 1.807) is 18.2 Å². The SMILES string of the molecule is NC(=O)c1nn(Cc2ccccn2)c(C(N)=O)c1[N+](=O)[O-]. The van der Waals surface area contributed by atoms with Crippen LogP contribution in [-0.2, 0) is 6.54 Å². The average Bonchev–Trinajstić information content (AvgIpc) is 2.79. The molecular formula is C11H10N6O4. The third-order valence-corrected chi connectivity index (χ3v) is 2.61. The second kappa shape index (κ2) is 5.36. The van der Waals surface area contributed by atoms with Gasteiger partial charge in [-0.25, -0.2) is 4.68 Å². The third kappa shape index (κ3) is 2.68. The van der Waals surface area contributed by atoms with E-state index in [2.05, 4.69) is 10.1 Å². The molecule has 0 bridgehead atoms. The van der Waals surface area contributed by atoms with Crippen molar-refractivity contribution in [1.82, 2.24) is 14.8 Å². The first-order chi connectivity index (χ1) is 9.91. The highest BCUT2D eigenvalue weighted by atomic mass is 16.6. The number of nitrogens with zero attached hydrogens (tertiary/aromatic N) is 4. The minimum Gasteiger partial charge on any atom is -0.364 e. The summed E-state index contributed by atoms with van der Waals surface area (Å²) in [6.45, 7) is -0.0623. The van der Waals surface area contributed by atoms with Crippen molar-refractivity contribution in [3.05, 3.63) is 51.6 Å². The number of aromatic nitrogens is 3. The number of rotatable bonds is 5. The van der Waals surface area contributed by atoms with E-state index in [1.165, 1.54) is 6.20 Å². The molecule has 0 radical (unpaired) electrons. The normalized spacial score (nSPS) is 10.3. The van der Waals surface area contributed by atoms with Gasteiger partial charge in [0.1, 0.15) is 0 Å². The van der Waals surface area contributed by atoms with Gasteiger partial charge in [0.25, 0.3) is 11.8 Å². The van der Waals surface area contributed by atoms with Crippen LogP contribution in [0.25, 0.3) is 0 Å². The minimum atomic E-state index is -1.12. The number of carbonyl (C=O) groups is 2. The molecule has 2 amide bonds. The number of pyridine rings is 1. The van der Waals surface area contributed by atoms with Gasteiger partial charge >= 0.3 is 5.69 Å². The first-order valence-electron chi connectivity index (χ1n) is 5.66. The zero-order valence-corrected chi connectivity index (χ0v) is 10.6. The van der Waals surface area contributed by atoms with Crippen LogP contribution >= 0.6 is 0 Å². The van der Waals surface area contributed by atoms with Gasteiger partial charge in [0, 0.05) is 6.20 Å². The highest BCUT2D eigenvalue weighted by Crippen LogP contribution is 2.23. The van der Waals surface area contributed by atoms with Crippen LogP contribution in [0.15, 0.2) is 24.4 Å². The predicted octanol–water partition coefficient (Wildman–Crippen LogP) is -0.568. The number of primary amides is 2. The van der Waals surface area contributed by atoms with Gasteiger partial charge in [-0.15, -0.1) is 0 Å². The maximum absolute atomic E-state index is 11.5. The Labute approximate surface area is 117 Å². The van der Waals surface area contributed by atoms with Crippen molar-refractivity contribution in [3.8, 4) is 0 Å². The highest BCUT2D eigenvalue weighted by Gasteiger charge is 2.34. The molecule has 0 aromatic carbocycles. The Morgan fingerprint density at radius 1 is 1.29 bits per heavy atom. The Morgan fingerprint density at radius 2 is 2.00 bits per heavy atom. The molecule has 2 rings (SSSR count). The molecule has 0 saturated carbocycles. The van der Waals surface area contributed by atoms with Crippen LogP contribution in [-0.4, -0.2) is 31.5 Å². The Balaban J connectivity index is 2.60. The topological polar surface area (TPSA) is 160 Å². The van der Waals surface area contributed by atoms with Crippen molar-refractivity contribution in [2.45, 2.75) is 6.54 Å². The standard InChI is InChI=1S/C11H10N6O4/c12-10(18)7-8(17(20)21)9(11(13)19)16(15-7)5-6-3-1-2-4-14-6/h1-4H,5H2,(H2,12,18)(H2,13,19). The smallest absolute Gasteiger partial charge is 0.333 e. The molecule has 0 spiro atoms. The van der Waals surface area contributed by atoms with E-state index in [9.17, 15) is 19.7 Å². The molecule has 0 saturated heterocycles. The molecule has 0 fully saturated rings. The summed E-state index contributed by atoms with van der Waals surface area (Å²) in [6, 6.07) is 5.00.